The van der Waals surface area contributed by atoms with Gasteiger partial charge in [-0.2, -0.15) is 0 Å². The van der Waals surface area contributed by atoms with E-state index in [0.29, 0.717) is 10.6 Å². The van der Waals surface area contributed by atoms with E-state index < -0.39 is 4.92 Å². The molecule has 0 aromatic heterocycles. The highest BCUT2D eigenvalue weighted by Gasteiger charge is 2.46. The highest BCUT2D eigenvalue weighted by Crippen LogP contribution is 2.49. The van der Waals surface area contributed by atoms with Gasteiger partial charge in [-0.05, 0) is 6.07 Å². The van der Waals surface area contributed by atoms with Gasteiger partial charge in [0.25, 0.3) is 0 Å². The monoisotopic (exact) mass is 228 g/mol. The molecule has 0 aliphatic carbocycles. The summed E-state index contributed by atoms with van der Waals surface area (Å²) < 4.78 is 5.23. The summed E-state index contributed by atoms with van der Waals surface area (Å²) in [5.41, 5.74) is 0.494. The molecule has 0 spiro atoms. The van der Waals surface area contributed by atoms with Gasteiger partial charge in [0.05, 0.1) is 10.5 Å². The van der Waals surface area contributed by atoms with Crippen molar-refractivity contribution in [2.45, 2.75) is 6.23 Å². The van der Waals surface area contributed by atoms with Gasteiger partial charge in [-0.15, -0.1) is 5.06 Å². The smallest absolute Gasteiger partial charge is 0.312 e. The zero-order chi connectivity index (χ0) is 10.6. The number of halogens is 1. The molecule has 0 radical (unpaired) electrons. The maximum atomic E-state index is 10.8. The van der Waals surface area contributed by atoms with Crippen LogP contribution in [0.15, 0.2) is 12.1 Å². The van der Waals surface area contributed by atoms with Crippen LogP contribution in [-0.2, 0) is 4.84 Å². The van der Waals surface area contributed by atoms with E-state index >= 15 is 0 Å². The lowest BCUT2D eigenvalue weighted by Gasteiger charge is -2.13. The van der Waals surface area contributed by atoms with E-state index in [1.807, 2.05) is 0 Å². The number of fused-ring (bicyclic) bond motifs is 3. The molecule has 1 aromatic rings. The zero-order valence-corrected chi connectivity index (χ0v) is 8.10. The van der Waals surface area contributed by atoms with Crippen LogP contribution in [-0.4, -0.2) is 16.7 Å². The molecule has 2 heterocycles. The zero-order valence-electron chi connectivity index (χ0n) is 7.34. The van der Waals surface area contributed by atoms with Gasteiger partial charge in [-0.25, -0.2) is 0 Å². The average molecular weight is 229 g/mol. The number of benzene rings is 1. The molecule has 15 heavy (non-hydrogen) atoms. The minimum Gasteiger partial charge on any atom is -0.468 e. The van der Waals surface area contributed by atoms with Gasteiger partial charge in [-0.3, -0.25) is 15.0 Å². The molecule has 0 saturated carbocycles. The standard InChI is InChI=1S/C8H5ClN2O4/c9-4-1-5-7(6(2-4)11(12)13)14-3-10-8(5)15-10/h1-2,8H,3H2. The van der Waals surface area contributed by atoms with Crippen LogP contribution in [0.3, 0.4) is 0 Å². The van der Waals surface area contributed by atoms with E-state index in [2.05, 4.69) is 0 Å². The first-order valence-corrected chi connectivity index (χ1v) is 4.58. The molecule has 3 rings (SSSR count). The first kappa shape index (κ1) is 8.90. The Bertz CT molecular complexity index is 464. The fraction of sp³-hybridized carbons (Fsp3) is 0.250. The van der Waals surface area contributed by atoms with Crippen LogP contribution in [0.4, 0.5) is 5.69 Å². The predicted octanol–water partition coefficient (Wildman–Crippen LogP) is 1.84. The van der Waals surface area contributed by atoms with E-state index in [-0.39, 0.29) is 24.4 Å². The van der Waals surface area contributed by atoms with Crippen LogP contribution in [0.5, 0.6) is 5.75 Å². The van der Waals surface area contributed by atoms with Crippen molar-refractivity contribution >= 4 is 17.3 Å². The molecule has 0 N–H and O–H groups in total. The molecule has 1 saturated heterocycles. The lowest BCUT2D eigenvalue weighted by Crippen LogP contribution is -2.15. The molecular formula is C8H5ClN2O4. The lowest BCUT2D eigenvalue weighted by molar-refractivity contribution is -0.386. The molecule has 6 nitrogen and oxygen atoms in total. The maximum Gasteiger partial charge on any atom is 0.312 e. The second-order valence-electron chi connectivity index (χ2n) is 3.25. The quantitative estimate of drug-likeness (QED) is 0.417. The topological polar surface area (TPSA) is 67.9 Å². The molecule has 7 heteroatoms. The minimum absolute atomic E-state index is 0.118. The van der Waals surface area contributed by atoms with E-state index in [4.69, 9.17) is 21.2 Å². The number of rotatable bonds is 1. The number of ether oxygens (including phenoxy) is 1. The van der Waals surface area contributed by atoms with Crippen molar-refractivity contribution in [3.63, 3.8) is 0 Å². The van der Waals surface area contributed by atoms with Crippen LogP contribution >= 0.6 is 11.6 Å². The summed E-state index contributed by atoms with van der Waals surface area (Å²) in [6.07, 6.45) is -0.244. The Morgan fingerprint density at radius 2 is 2.40 bits per heavy atom. The fourth-order valence-corrected chi connectivity index (χ4v) is 1.84. The number of hydrogen-bond donors (Lipinski definition) is 0. The van der Waals surface area contributed by atoms with Gasteiger partial charge in [0.1, 0.15) is 0 Å². The van der Waals surface area contributed by atoms with Crippen molar-refractivity contribution in [3.05, 3.63) is 32.8 Å². The third kappa shape index (κ3) is 1.26. The molecule has 2 unspecified atom stereocenters. The fourth-order valence-electron chi connectivity index (χ4n) is 1.62. The van der Waals surface area contributed by atoms with Crippen LogP contribution in [0.2, 0.25) is 5.02 Å². The average Bonchev–Trinajstić information content (AvgIpc) is 2.95. The van der Waals surface area contributed by atoms with Crippen LogP contribution in [0.25, 0.3) is 0 Å². The van der Waals surface area contributed by atoms with Crippen molar-refractivity contribution in [1.82, 2.24) is 5.06 Å². The molecule has 2 aliphatic heterocycles. The van der Waals surface area contributed by atoms with Gasteiger partial charge in [0.2, 0.25) is 5.75 Å². The highest BCUT2D eigenvalue weighted by atomic mass is 35.5. The van der Waals surface area contributed by atoms with Gasteiger partial charge in [0.15, 0.2) is 13.0 Å². The summed E-state index contributed by atoms with van der Waals surface area (Å²) in [4.78, 5) is 15.4. The number of nitro groups is 1. The van der Waals surface area contributed by atoms with Crippen molar-refractivity contribution in [3.8, 4) is 5.75 Å². The third-order valence-electron chi connectivity index (χ3n) is 2.31. The van der Waals surface area contributed by atoms with Gasteiger partial charge in [0, 0.05) is 11.1 Å². The first-order valence-electron chi connectivity index (χ1n) is 4.21. The van der Waals surface area contributed by atoms with Crippen molar-refractivity contribution < 1.29 is 14.5 Å². The second kappa shape index (κ2) is 2.82. The molecule has 1 fully saturated rings. The highest BCUT2D eigenvalue weighted by molar-refractivity contribution is 6.31. The van der Waals surface area contributed by atoms with Gasteiger partial charge >= 0.3 is 5.69 Å². The number of hydroxylamine groups is 2. The summed E-state index contributed by atoms with van der Waals surface area (Å²) in [6.45, 7) is 0.208. The summed E-state index contributed by atoms with van der Waals surface area (Å²) in [5.74, 6) is 0.253. The van der Waals surface area contributed by atoms with Crippen LogP contribution in [0, 0.1) is 10.1 Å². The minimum atomic E-state index is -0.511. The number of nitro benzene ring substituents is 1. The SMILES string of the molecule is O=[N+]([O-])c1cc(Cl)cc2c1OCN1OC21. The van der Waals surface area contributed by atoms with Crippen molar-refractivity contribution in [2.75, 3.05) is 6.73 Å². The Kier molecular flexibility index (Phi) is 1.67. The maximum absolute atomic E-state index is 10.8. The molecular weight excluding hydrogens is 224 g/mol. The Balaban J connectivity index is 2.20. The van der Waals surface area contributed by atoms with Gasteiger partial charge < -0.3 is 4.74 Å². The molecule has 2 atom stereocenters. The third-order valence-corrected chi connectivity index (χ3v) is 2.53. The van der Waals surface area contributed by atoms with Crippen LogP contribution in [0.1, 0.15) is 11.8 Å². The van der Waals surface area contributed by atoms with Gasteiger partial charge in [-0.1, -0.05) is 11.6 Å². The van der Waals surface area contributed by atoms with Crippen molar-refractivity contribution in [2.24, 2.45) is 0 Å². The summed E-state index contributed by atoms with van der Waals surface area (Å²) in [6, 6.07) is 2.89. The first-order chi connectivity index (χ1) is 7.16. The normalized spacial score (nSPS) is 26.2. The summed E-state index contributed by atoms with van der Waals surface area (Å²) >= 11 is 5.78. The molecule has 78 valence electrons. The Labute approximate surface area is 89.0 Å². The van der Waals surface area contributed by atoms with E-state index in [9.17, 15) is 10.1 Å². The molecule has 1 aromatic carbocycles. The largest absolute Gasteiger partial charge is 0.468 e. The Morgan fingerprint density at radius 3 is 3.13 bits per heavy atom. The summed E-state index contributed by atoms with van der Waals surface area (Å²) in [7, 11) is 0. The van der Waals surface area contributed by atoms with E-state index in [1.165, 1.54) is 6.07 Å². The molecule has 0 bridgehead atoms. The molecule has 2 aliphatic rings. The summed E-state index contributed by atoms with van der Waals surface area (Å²) in [5, 5.41) is 12.6. The second-order valence-corrected chi connectivity index (χ2v) is 3.69. The van der Waals surface area contributed by atoms with E-state index in [0.717, 1.165) is 0 Å². The molecule has 0 amide bonds. The van der Waals surface area contributed by atoms with E-state index in [1.54, 1.807) is 11.1 Å². The number of nitrogens with zero attached hydrogens (tertiary/aromatic N) is 2. The Hall–Kier alpha value is -1.37. The number of hydrogen-bond acceptors (Lipinski definition) is 5. The Morgan fingerprint density at radius 1 is 1.60 bits per heavy atom. The van der Waals surface area contributed by atoms with Crippen molar-refractivity contribution in [1.29, 1.82) is 0 Å². The lowest BCUT2D eigenvalue weighted by atomic mass is 10.1. The predicted molar refractivity (Wildman–Crippen MR) is 49.3 cm³/mol. The van der Waals surface area contributed by atoms with Crippen LogP contribution < -0.4 is 4.74 Å².